The number of hydrogen-bond acceptors (Lipinski definition) is 2. The van der Waals surface area contributed by atoms with Crippen LogP contribution in [0.25, 0.3) is 16.9 Å². The molecule has 3 rings (SSSR count). The molecule has 2 aromatic carbocycles. The van der Waals surface area contributed by atoms with Crippen molar-refractivity contribution in [1.82, 2.24) is 0 Å². The molecule has 0 spiro atoms. The van der Waals surface area contributed by atoms with E-state index >= 15 is 0 Å². The largest absolute Gasteiger partial charge is 0.424 e. The highest BCUT2D eigenvalue weighted by Gasteiger charge is 2.27. The third-order valence-electron chi connectivity index (χ3n) is 3.28. The van der Waals surface area contributed by atoms with Crippen LogP contribution in [0.1, 0.15) is 6.92 Å². The van der Waals surface area contributed by atoms with E-state index in [9.17, 15) is 4.79 Å². The fourth-order valence-corrected chi connectivity index (χ4v) is 2.32. The topological polar surface area (TPSA) is 37.3 Å². The maximum absolute atomic E-state index is 12.0. The summed E-state index contributed by atoms with van der Waals surface area (Å²) in [6, 6.07) is 17.0. The SMILES string of the molecule is C=C(N(C(C)=O)c1ccccc1)[n+]1coc2ccccc21. The molecule has 0 bridgehead atoms. The van der Waals surface area contributed by atoms with Crippen LogP contribution in [0.3, 0.4) is 0 Å². The molecule has 1 amide bonds. The molecule has 3 aromatic rings. The van der Waals surface area contributed by atoms with Gasteiger partial charge in [-0.05, 0) is 30.8 Å². The molecule has 1 aromatic heterocycles. The number of aromatic nitrogens is 1. The Labute approximate surface area is 122 Å². The lowest BCUT2D eigenvalue weighted by Crippen LogP contribution is -2.42. The highest BCUT2D eigenvalue weighted by Crippen LogP contribution is 2.20. The fraction of sp³-hybridized carbons (Fsp3) is 0.0588. The lowest BCUT2D eigenvalue weighted by Gasteiger charge is -2.14. The third kappa shape index (κ3) is 2.31. The summed E-state index contributed by atoms with van der Waals surface area (Å²) in [4.78, 5) is 13.6. The van der Waals surface area contributed by atoms with Crippen molar-refractivity contribution < 1.29 is 13.8 Å². The zero-order valence-electron chi connectivity index (χ0n) is 11.7. The van der Waals surface area contributed by atoms with Gasteiger partial charge in [-0.15, -0.1) is 0 Å². The third-order valence-corrected chi connectivity index (χ3v) is 3.28. The number of carbonyl (C=O) groups is 1. The molecule has 0 radical (unpaired) electrons. The highest BCUT2D eigenvalue weighted by atomic mass is 16.3. The summed E-state index contributed by atoms with van der Waals surface area (Å²) in [5, 5.41) is 0. The Morgan fingerprint density at radius 2 is 1.76 bits per heavy atom. The second kappa shape index (κ2) is 5.25. The minimum Gasteiger partial charge on any atom is -0.424 e. The molecule has 0 N–H and O–H groups in total. The summed E-state index contributed by atoms with van der Waals surface area (Å²) >= 11 is 0. The van der Waals surface area contributed by atoms with Crippen molar-refractivity contribution in [2.45, 2.75) is 6.92 Å². The Morgan fingerprint density at radius 1 is 1.10 bits per heavy atom. The minimum absolute atomic E-state index is 0.107. The first-order chi connectivity index (χ1) is 10.2. The monoisotopic (exact) mass is 279 g/mol. The van der Waals surface area contributed by atoms with Crippen molar-refractivity contribution >= 4 is 28.5 Å². The number of fused-ring (bicyclic) bond motifs is 1. The summed E-state index contributed by atoms with van der Waals surface area (Å²) in [5.74, 6) is 0.419. The van der Waals surface area contributed by atoms with Gasteiger partial charge in [0.1, 0.15) is 5.69 Å². The molecule has 0 aliphatic carbocycles. The maximum atomic E-state index is 12.0. The molecule has 0 saturated heterocycles. The first-order valence-electron chi connectivity index (χ1n) is 6.61. The van der Waals surface area contributed by atoms with Gasteiger partial charge < -0.3 is 4.42 Å². The Hall–Kier alpha value is -2.88. The van der Waals surface area contributed by atoms with Crippen LogP contribution >= 0.6 is 0 Å². The quantitative estimate of drug-likeness (QED) is 0.690. The number of amides is 1. The summed E-state index contributed by atoms with van der Waals surface area (Å²) in [7, 11) is 0. The Balaban J connectivity index is 2.08. The van der Waals surface area contributed by atoms with Crippen LogP contribution < -0.4 is 9.47 Å². The molecule has 0 saturated carbocycles. The zero-order valence-corrected chi connectivity index (χ0v) is 11.7. The van der Waals surface area contributed by atoms with E-state index in [4.69, 9.17) is 4.42 Å². The number of hydrogen-bond donors (Lipinski definition) is 0. The van der Waals surface area contributed by atoms with E-state index in [0.29, 0.717) is 5.82 Å². The molecular weight excluding hydrogens is 264 g/mol. The molecule has 21 heavy (non-hydrogen) atoms. The van der Waals surface area contributed by atoms with E-state index in [2.05, 4.69) is 6.58 Å². The molecule has 0 fully saturated rings. The van der Waals surface area contributed by atoms with Gasteiger partial charge in [0.05, 0.1) is 0 Å². The normalized spacial score (nSPS) is 10.5. The highest BCUT2D eigenvalue weighted by molar-refractivity contribution is 5.99. The Kier molecular flexibility index (Phi) is 3.28. The molecule has 1 heterocycles. The summed E-state index contributed by atoms with van der Waals surface area (Å²) in [6.45, 7) is 5.57. The second-order valence-corrected chi connectivity index (χ2v) is 4.67. The lowest BCUT2D eigenvalue weighted by molar-refractivity contribution is -0.559. The predicted octanol–water partition coefficient (Wildman–Crippen LogP) is 3.20. The molecule has 104 valence electrons. The lowest BCUT2D eigenvalue weighted by atomic mass is 10.3. The van der Waals surface area contributed by atoms with Crippen molar-refractivity contribution in [1.29, 1.82) is 0 Å². The van der Waals surface area contributed by atoms with Gasteiger partial charge in [0.2, 0.25) is 0 Å². The standard InChI is InChI=1S/C17H15N2O2/c1-13(18-12-21-17-11-7-6-10-16(17)18)19(14(2)20)15-8-4-3-5-9-15/h3-12H,1H2,2H3/q+1. The smallest absolute Gasteiger partial charge is 0.311 e. The summed E-state index contributed by atoms with van der Waals surface area (Å²) < 4.78 is 7.27. The van der Waals surface area contributed by atoms with E-state index in [0.717, 1.165) is 16.8 Å². The van der Waals surface area contributed by atoms with Crippen LogP contribution in [0.15, 0.2) is 72.0 Å². The van der Waals surface area contributed by atoms with Crippen LogP contribution in [0.5, 0.6) is 0 Å². The van der Waals surface area contributed by atoms with Crippen LogP contribution in [0.2, 0.25) is 0 Å². The average Bonchev–Trinajstić information content (AvgIpc) is 2.92. The molecule has 0 atom stereocenters. The molecular formula is C17H15N2O2+. The first-order valence-corrected chi connectivity index (χ1v) is 6.61. The van der Waals surface area contributed by atoms with Crippen molar-refractivity contribution in [3.05, 3.63) is 67.6 Å². The molecule has 4 nitrogen and oxygen atoms in total. The van der Waals surface area contributed by atoms with E-state index < -0.39 is 0 Å². The molecule has 4 heteroatoms. The van der Waals surface area contributed by atoms with Gasteiger partial charge in [0.15, 0.2) is 11.1 Å². The number of carbonyl (C=O) groups excluding carboxylic acids is 1. The van der Waals surface area contributed by atoms with Gasteiger partial charge in [-0.2, -0.15) is 9.47 Å². The van der Waals surface area contributed by atoms with Crippen molar-refractivity contribution in [2.75, 3.05) is 4.90 Å². The first kappa shape index (κ1) is 13.1. The van der Waals surface area contributed by atoms with Crippen molar-refractivity contribution in [3.63, 3.8) is 0 Å². The van der Waals surface area contributed by atoms with E-state index in [1.165, 1.54) is 6.92 Å². The van der Waals surface area contributed by atoms with Gasteiger partial charge >= 0.3 is 5.91 Å². The van der Waals surface area contributed by atoms with Crippen molar-refractivity contribution in [2.24, 2.45) is 0 Å². The van der Waals surface area contributed by atoms with Gasteiger partial charge in [-0.1, -0.05) is 30.3 Å². The predicted molar refractivity (Wildman–Crippen MR) is 81.3 cm³/mol. The van der Waals surface area contributed by atoms with Gasteiger partial charge in [0.25, 0.3) is 12.2 Å². The minimum atomic E-state index is -0.107. The van der Waals surface area contributed by atoms with E-state index in [-0.39, 0.29) is 5.91 Å². The number of oxazole rings is 1. The molecule has 0 aliphatic heterocycles. The summed E-state index contributed by atoms with van der Waals surface area (Å²) in [6.07, 6.45) is 1.56. The summed E-state index contributed by atoms with van der Waals surface area (Å²) in [5.41, 5.74) is 2.38. The van der Waals surface area contributed by atoms with Gasteiger partial charge in [0, 0.05) is 6.92 Å². The second-order valence-electron chi connectivity index (χ2n) is 4.67. The Bertz CT molecular complexity index is 806. The van der Waals surface area contributed by atoms with Crippen LogP contribution in [0.4, 0.5) is 5.69 Å². The average molecular weight is 279 g/mol. The maximum Gasteiger partial charge on any atom is 0.311 e. The van der Waals surface area contributed by atoms with Gasteiger partial charge in [-0.25, -0.2) is 4.79 Å². The van der Waals surface area contributed by atoms with Crippen LogP contribution in [-0.2, 0) is 4.79 Å². The number of nitrogens with zero attached hydrogens (tertiary/aromatic N) is 2. The van der Waals surface area contributed by atoms with E-state index in [1.54, 1.807) is 15.9 Å². The van der Waals surface area contributed by atoms with Gasteiger partial charge in [-0.3, -0.25) is 0 Å². The molecule has 0 aliphatic rings. The molecule has 0 unspecified atom stereocenters. The number of benzene rings is 2. The Morgan fingerprint density at radius 3 is 2.48 bits per heavy atom. The number of para-hydroxylation sites is 3. The van der Waals surface area contributed by atoms with Crippen LogP contribution in [-0.4, -0.2) is 5.91 Å². The number of anilines is 1. The van der Waals surface area contributed by atoms with Crippen molar-refractivity contribution in [3.8, 4) is 0 Å². The number of rotatable bonds is 3. The zero-order chi connectivity index (χ0) is 14.8. The van der Waals surface area contributed by atoms with Crippen LogP contribution in [0, 0.1) is 0 Å². The van der Waals surface area contributed by atoms with E-state index in [1.807, 2.05) is 54.6 Å². The fourth-order valence-electron chi connectivity index (χ4n) is 2.32.